The van der Waals surface area contributed by atoms with Crippen molar-refractivity contribution in [3.8, 4) is 6.07 Å². The molecule has 25 heavy (non-hydrogen) atoms. The Kier molecular flexibility index (Phi) is 3.79. The number of amides is 1. The summed E-state index contributed by atoms with van der Waals surface area (Å²) >= 11 is 0. The zero-order valence-electron chi connectivity index (χ0n) is 13.6. The van der Waals surface area contributed by atoms with Gasteiger partial charge in [0.2, 0.25) is 0 Å². The number of rotatable bonds is 3. The van der Waals surface area contributed by atoms with E-state index in [1.807, 2.05) is 30.3 Å². The highest BCUT2D eigenvalue weighted by Gasteiger charge is 2.43. The molecule has 2 N–H and O–H groups in total. The summed E-state index contributed by atoms with van der Waals surface area (Å²) in [5.41, 5.74) is 4.98. The van der Waals surface area contributed by atoms with E-state index in [0.717, 1.165) is 30.9 Å². The van der Waals surface area contributed by atoms with Crippen LogP contribution in [0.1, 0.15) is 22.3 Å². The molecule has 0 radical (unpaired) electrons. The molecular weight excluding hydrogens is 316 g/mol. The first-order valence-electron chi connectivity index (χ1n) is 8.27. The lowest BCUT2D eigenvalue weighted by atomic mass is 10.1. The van der Waals surface area contributed by atoms with Crippen LogP contribution in [0, 0.1) is 11.3 Å². The number of piperazine rings is 1. The quantitative estimate of drug-likeness (QED) is 0.664. The van der Waals surface area contributed by atoms with Crippen LogP contribution >= 0.6 is 0 Å². The molecule has 2 saturated heterocycles. The third kappa shape index (κ3) is 2.69. The molecule has 4 rings (SSSR count). The van der Waals surface area contributed by atoms with Gasteiger partial charge in [0, 0.05) is 42.1 Å². The SMILES string of the molecule is N#Cc1cccc(N2CC3CC2CN3c2ccc(C(=O)NO)cc2)c1. The van der Waals surface area contributed by atoms with Gasteiger partial charge >= 0.3 is 0 Å². The Labute approximate surface area is 145 Å². The highest BCUT2D eigenvalue weighted by Crippen LogP contribution is 2.37. The largest absolute Gasteiger partial charge is 0.365 e. The lowest BCUT2D eigenvalue weighted by Gasteiger charge is -2.37. The minimum Gasteiger partial charge on any atom is -0.365 e. The Morgan fingerprint density at radius 3 is 2.36 bits per heavy atom. The van der Waals surface area contributed by atoms with Crippen molar-refractivity contribution in [3.05, 3.63) is 59.7 Å². The number of hydrogen-bond donors (Lipinski definition) is 2. The second-order valence-corrected chi connectivity index (χ2v) is 6.50. The van der Waals surface area contributed by atoms with Crippen LogP contribution in [0.25, 0.3) is 0 Å². The molecule has 0 aromatic heterocycles. The Morgan fingerprint density at radius 2 is 1.76 bits per heavy atom. The van der Waals surface area contributed by atoms with E-state index in [4.69, 9.17) is 10.5 Å². The minimum absolute atomic E-state index is 0.424. The maximum atomic E-state index is 11.4. The summed E-state index contributed by atoms with van der Waals surface area (Å²) < 4.78 is 0. The second-order valence-electron chi connectivity index (χ2n) is 6.50. The zero-order chi connectivity index (χ0) is 17.4. The summed E-state index contributed by atoms with van der Waals surface area (Å²) in [7, 11) is 0. The minimum atomic E-state index is -0.502. The zero-order valence-corrected chi connectivity index (χ0v) is 13.6. The third-order valence-electron chi connectivity index (χ3n) is 5.11. The van der Waals surface area contributed by atoms with Crippen molar-refractivity contribution in [2.24, 2.45) is 0 Å². The standard InChI is InChI=1S/C19H18N4O2/c20-10-13-2-1-3-16(8-13)23-12-17-9-18(23)11-22(17)15-6-4-14(5-7-15)19(24)21-25/h1-8,17-18,25H,9,11-12H2,(H,21,24). The van der Waals surface area contributed by atoms with Crippen molar-refractivity contribution in [1.82, 2.24) is 5.48 Å². The van der Waals surface area contributed by atoms with Crippen LogP contribution in [0.15, 0.2) is 48.5 Å². The van der Waals surface area contributed by atoms with Gasteiger partial charge < -0.3 is 9.80 Å². The fraction of sp³-hybridized carbons (Fsp3) is 0.263. The summed E-state index contributed by atoms with van der Waals surface area (Å²) in [6.07, 6.45) is 1.09. The molecule has 2 aliphatic rings. The molecule has 2 heterocycles. The maximum Gasteiger partial charge on any atom is 0.274 e. The van der Waals surface area contributed by atoms with Crippen molar-refractivity contribution in [1.29, 1.82) is 5.26 Å². The number of anilines is 2. The van der Waals surface area contributed by atoms with E-state index in [1.165, 1.54) is 0 Å². The van der Waals surface area contributed by atoms with E-state index in [1.54, 1.807) is 17.6 Å². The first-order chi connectivity index (χ1) is 12.2. The van der Waals surface area contributed by atoms with Gasteiger partial charge in [-0.1, -0.05) is 6.07 Å². The van der Waals surface area contributed by atoms with Gasteiger partial charge in [-0.15, -0.1) is 0 Å². The van der Waals surface area contributed by atoms with Crippen LogP contribution in [0.2, 0.25) is 0 Å². The van der Waals surface area contributed by atoms with Crippen LogP contribution in [0.5, 0.6) is 0 Å². The fourth-order valence-electron chi connectivity index (χ4n) is 3.92. The van der Waals surface area contributed by atoms with Crippen molar-refractivity contribution >= 4 is 17.3 Å². The highest BCUT2D eigenvalue weighted by molar-refractivity contribution is 5.93. The predicted octanol–water partition coefficient (Wildman–Crippen LogP) is 2.14. The van der Waals surface area contributed by atoms with Crippen LogP contribution in [-0.2, 0) is 0 Å². The Balaban J connectivity index is 1.49. The molecule has 0 saturated carbocycles. The molecule has 2 aliphatic heterocycles. The normalized spacial score (nSPS) is 21.3. The molecule has 2 bridgehead atoms. The van der Waals surface area contributed by atoms with E-state index in [9.17, 15) is 4.79 Å². The molecule has 0 aliphatic carbocycles. The van der Waals surface area contributed by atoms with Crippen LogP contribution < -0.4 is 15.3 Å². The van der Waals surface area contributed by atoms with Crippen molar-refractivity contribution in [3.63, 3.8) is 0 Å². The van der Waals surface area contributed by atoms with E-state index in [0.29, 0.717) is 23.2 Å². The number of hydroxylamine groups is 1. The first kappa shape index (κ1) is 15.5. The molecule has 0 spiro atoms. The molecule has 2 fully saturated rings. The average Bonchev–Trinajstić information content (AvgIpc) is 3.28. The summed E-state index contributed by atoms with van der Waals surface area (Å²) in [5.74, 6) is -0.502. The van der Waals surface area contributed by atoms with E-state index in [-0.39, 0.29) is 0 Å². The number of nitrogens with one attached hydrogen (secondary N) is 1. The van der Waals surface area contributed by atoms with Crippen LogP contribution in [0.3, 0.4) is 0 Å². The number of benzene rings is 2. The molecular formula is C19H18N4O2. The number of carbonyl (C=O) groups is 1. The topological polar surface area (TPSA) is 79.6 Å². The van der Waals surface area contributed by atoms with E-state index in [2.05, 4.69) is 21.9 Å². The molecule has 2 unspecified atom stereocenters. The van der Waals surface area contributed by atoms with Gasteiger partial charge in [-0.25, -0.2) is 5.48 Å². The molecule has 6 heteroatoms. The third-order valence-corrected chi connectivity index (χ3v) is 5.11. The van der Waals surface area contributed by atoms with Gasteiger partial charge in [0.1, 0.15) is 0 Å². The lowest BCUT2D eigenvalue weighted by Crippen LogP contribution is -2.46. The van der Waals surface area contributed by atoms with Gasteiger partial charge in [-0.2, -0.15) is 5.26 Å². The maximum absolute atomic E-state index is 11.4. The van der Waals surface area contributed by atoms with Crippen LogP contribution in [0.4, 0.5) is 11.4 Å². The molecule has 126 valence electrons. The molecule has 2 aromatic carbocycles. The van der Waals surface area contributed by atoms with Gasteiger partial charge in [-0.3, -0.25) is 10.0 Å². The number of fused-ring (bicyclic) bond motifs is 2. The van der Waals surface area contributed by atoms with Gasteiger partial charge in [0.05, 0.1) is 11.6 Å². The Hall–Kier alpha value is -3.04. The smallest absolute Gasteiger partial charge is 0.274 e. The highest BCUT2D eigenvalue weighted by atomic mass is 16.5. The molecule has 6 nitrogen and oxygen atoms in total. The van der Waals surface area contributed by atoms with Gasteiger partial charge in [0.25, 0.3) is 5.91 Å². The number of nitrogens with zero attached hydrogens (tertiary/aromatic N) is 3. The average molecular weight is 334 g/mol. The van der Waals surface area contributed by atoms with E-state index >= 15 is 0 Å². The summed E-state index contributed by atoms with van der Waals surface area (Å²) in [6.45, 7) is 1.85. The van der Waals surface area contributed by atoms with Crippen molar-refractivity contribution in [2.45, 2.75) is 18.5 Å². The Bertz CT molecular complexity index is 843. The lowest BCUT2D eigenvalue weighted by molar-refractivity contribution is 0.0706. The second kappa shape index (κ2) is 6.11. The first-order valence-corrected chi connectivity index (χ1v) is 8.27. The molecule has 2 aromatic rings. The number of nitriles is 1. The van der Waals surface area contributed by atoms with Crippen LogP contribution in [-0.4, -0.2) is 36.3 Å². The Morgan fingerprint density at radius 1 is 1.08 bits per heavy atom. The summed E-state index contributed by atoms with van der Waals surface area (Å²) in [6, 6.07) is 18.1. The van der Waals surface area contributed by atoms with Crippen molar-refractivity contribution < 1.29 is 10.0 Å². The van der Waals surface area contributed by atoms with Crippen molar-refractivity contribution in [2.75, 3.05) is 22.9 Å². The predicted molar refractivity (Wildman–Crippen MR) is 93.7 cm³/mol. The molecule has 1 amide bonds. The monoisotopic (exact) mass is 334 g/mol. The molecule has 2 atom stereocenters. The van der Waals surface area contributed by atoms with Gasteiger partial charge in [-0.05, 0) is 48.9 Å². The number of carbonyl (C=O) groups excluding carboxylic acids is 1. The summed E-state index contributed by atoms with van der Waals surface area (Å²) in [5, 5.41) is 17.8. The summed E-state index contributed by atoms with van der Waals surface area (Å²) in [4.78, 5) is 16.2. The van der Waals surface area contributed by atoms with Gasteiger partial charge in [0.15, 0.2) is 0 Å². The fourth-order valence-corrected chi connectivity index (χ4v) is 3.92. The van der Waals surface area contributed by atoms with E-state index < -0.39 is 5.91 Å². The number of hydrogen-bond acceptors (Lipinski definition) is 5.